The molecular formula is C7H10N2O. The number of rotatable bonds is 2. The Morgan fingerprint density at radius 2 is 2.40 bits per heavy atom. The molecule has 0 spiro atoms. The van der Waals surface area contributed by atoms with Gasteiger partial charge in [-0.15, -0.1) is 0 Å². The number of nitrogens with zero attached hydrogens (tertiary/aromatic N) is 2. The van der Waals surface area contributed by atoms with Crippen molar-refractivity contribution in [3.63, 3.8) is 0 Å². The molecule has 0 N–H and O–H groups in total. The average Bonchev–Trinajstić information content (AvgIpc) is 2.36. The monoisotopic (exact) mass is 138 g/mol. The smallest absolute Gasteiger partial charge is 0.184 e. The zero-order valence-electron chi connectivity index (χ0n) is 6.16. The minimum Gasteiger partial charge on any atom is -0.292 e. The van der Waals surface area contributed by atoms with Gasteiger partial charge in [0.15, 0.2) is 5.78 Å². The minimum atomic E-state index is 0.0308. The molecule has 0 unspecified atom stereocenters. The predicted octanol–water partition coefficient (Wildman–Crippen LogP) is 0.694. The molecule has 0 bridgehead atoms. The van der Waals surface area contributed by atoms with E-state index in [9.17, 15) is 4.79 Å². The molecule has 0 atom stereocenters. The standard InChI is InChI=1S/C7H10N2O/c1-5(2)7(10)6-3-8-4-9-6/h3,5H,4H2,1-2H3. The highest BCUT2D eigenvalue weighted by Gasteiger charge is 2.14. The molecule has 1 aliphatic rings. The number of carbonyl (C=O) groups is 1. The molecule has 3 heteroatoms. The van der Waals surface area contributed by atoms with Gasteiger partial charge in [-0.05, 0) is 0 Å². The van der Waals surface area contributed by atoms with Crippen LogP contribution in [0.2, 0.25) is 0 Å². The van der Waals surface area contributed by atoms with Gasteiger partial charge in [-0.2, -0.15) is 0 Å². The summed E-state index contributed by atoms with van der Waals surface area (Å²) in [6, 6.07) is 0. The lowest BCUT2D eigenvalue weighted by Crippen LogP contribution is -2.19. The van der Waals surface area contributed by atoms with Crippen molar-refractivity contribution >= 4 is 17.7 Å². The Morgan fingerprint density at radius 1 is 1.70 bits per heavy atom. The van der Waals surface area contributed by atoms with E-state index in [0.29, 0.717) is 12.4 Å². The van der Waals surface area contributed by atoms with E-state index in [2.05, 4.69) is 9.98 Å². The molecule has 0 amide bonds. The van der Waals surface area contributed by atoms with Crippen LogP contribution >= 0.6 is 0 Å². The summed E-state index contributed by atoms with van der Waals surface area (Å²) in [5, 5.41) is 0. The molecule has 0 aromatic rings. The van der Waals surface area contributed by atoms with E-state index in [1.54, 1.807) is 6.21 Å². The van der Waals surface area contributed by atoms with E-state index in [4.69, 9.17) is 0 Å². The number of aliphatic imine (C=N–C) groups is 2. The largest absolute Gasteiger partial charge is 0.292 e. The quantitative estimate of drug-likeness (QED) is 0.553. The third kappa shape index (κ3) is 1.29. The summed E-state index contributed by atoms with van der Waals surface area (Å²) in [7, 11) is 0. The van der Waals surface area contributed by atoms with Crippen molar-refractivity contribution in [2.24, 2.45) is 15.9 Å². The van der Waals surface area contributed by atoms with Crippen LogP contribution in [0.4, 0.5) is 0 Å². The molecule has 10 heavy (non-hydrogen) atoms. The predicted molar refractivity (Wildman–Crippen MR) is 40.6 cm³/mol. The molecule has 0 aromatic carbocycles. The van der Waals surface area contributed by atoms with Crippen molar-refractivity contribution in [1.82, 2.24) is 0 Å². The second-order valence-electron chi connectivity index (χ2n) is 2.52. The van der Waals surface area contributed by atoms with Gasteiger partial charge in [-0.25, -0.2) is 0 Å². The fourth-order valence-electron chi connectivity index (χ4n) is 0.722. The number of hydrogen-bond donors (Lipinski definition) is 0. The molecular weight excluding hydrogens is 128 g/mol. The fraction of sp³-hybridized carbons (Fsp3) is 0.571. The Kier molecular flexibility index (Phi) is 1.94. The number of carbonyl (C=O) groups excluding carboxylic acids is 1. The van der Waals surface area contributed by atoms with Crippen LogP contribution in [0.25, 0.3) is 0 Å². The summed E-state index contributed by atoms with van der Waals surface area (Å²) in [5.41, 5.74) is 0.523. The maximum absolute atomic E-state index is 11.1. The lowest BCUT2D eigenvalue weighted by atomic mass is 10.1. The third-order valence-corrected chi connectivity index (χ3v) is 1.31. The first-order valence-corrected chi connectivity index (χ1v) is 3.30. The van der Waals surface area contributed by atoms with Gasteiger partial charge in [-0.1, -0.05) is 13.8 Å². The zero-order chi connectivity index (χ0) is 7.56. The van der Waals surface area contributed by atoms with Crippen LogP contribution in [0.5, 0.6) is 0 Å². The van der Waals surface area contributed by atoms with Crippen LogP contribution in [0, 0.1) is 5.92 Å². The van der Waals surface area contributed by atoms with Gasteiger partial charge in [0.2, 0.25) is 0 Å². The molecule has 54 valence electrons. The molecule has 0 saturated carbocycles. The molecule has 1 aliphatic heterocycles. The first kappa shape index (κ1) is 7.12. The normalized spacial score (nSPS) is 16.1. The molecule has 0 aromatic heterocycles. The van der Waals surface area contributed by atoms with Gasteiger partial charge in [0.25, 0.3) is 0 Å². The maximum atomic E-state index is 11.1. The van der Waals surface area contributed by atoms with Crippen molar-refractivity contribution < 1.29 is 4.79 Å². The molecule has 1 heterocycles. The van der Waals surface area contributed by atoms with Crippen molar-refractivity contribution in [3.8, 4) is 0 Å². The Morgan fingerprint density at radius 3 is 2.80 bits per heavy atom. The molecule has 0 fully saturated rings. The number of Topliss-reactive ketones (excluding diaryl/α,β-unsaturated/α-hetero) is 1. The van der Waals surface area contributed by atoms with E-state index < -0.39 is 0 Å². The van der Waals surface area contributed by atoms with Crippen molar-refractivity contribution in [2.45, 2.75) is 13.8 Å². The highest BCUT2D eigenvalue weighted by atomic mass is 16.1. The van der Waals surface area contributed by atoms with Gasteiger partial charge >= 0.3 is 0 Å². The number of hydrogen-bond acceptors (Lipinski definition) is 3. The van der Waals surface area contributed by atoms with Gasteiger partial charge in [0.05, 0.1) is 6.21 Å². The van der Waals surface area contributed by atoms with E-state index in [-0.39, 0.29) is 11.7 Å². The van der Waals surface area contributed by atoms with E-state index in [1.165, 1.54) is 0 Å². The number of ketones is 1. The molecule has 1 rings (SSSR count). The van der Waals surface area contributed by atoms with Gasteiger partial charge in [-0.3, -0.25) is 14.8 Å². The fourth-order valence-corrected chi connectivity index (χ4v) is 0.722. The van der Waals surface area contributed by atoms with Crippen molar-refractivity contribution in [3.05, 3.63) is 0 Å². The summed E-state index contributed by atoms with van der Waals surface area (Å²) in [5.74, 6) is 0.115. The van der Waals surface area contributed by atoms with Gasteiger partial charge in [0.1, 0.15) is 12.4 Å². The highest BCUT2D eigenvalue weighted by molar-refractivity contribution is 6.62. The molecule has 0 aliphatic carbocycles. The summed E-state index contributed by atoms with van der Waals surface area (Å²) < 4.78 is 0. The highest BCUT2D eigenvalue weighted by Crippen LogP contribution is 1.98. The third-order valence-electron chi connectivity index (χ3n) is 1.31. The Hall–Kier alpha value is -0.990. The first-order chi connectivity index (χ1) is 4.72. The van der Waals surface area contributed by atoms with Crippen LogP contribution in [0.3, 0.4) is 0 Å². The van der Waals surface area contributed by atoms with Crippen LogP contribution in [-0.2, 0) is 4.79 Å². The SMILES string of the molecule is CC(C)C(=O)C1=NCN=C1. The maximum Gasteiger partial charge on any atom is 0.184 e. The van der Waals surface area contributed by atoms with Crippen LogP contribution < -0.4 is 0 Å². The van der Waals surface area contributed by atoms with Crippen LogP contribution in [0.1, 0.15) is 13.8 Å². The average molecular weight is 138 g/mol. The summed E-state index contributed by atoms with van der Waals surface area (Å²) >= 11 is 0. The van der Waals surface area contributed by atoms with Crippen molar-refractivity contribution in [1.29, 1.82) is 0 Å². The molecule has 0 saturated heterocycles. The summed E-state index contributed by atoms with van der Waals surface area (Å²) in [4.78, 5) is 18.8. The lowest BCUT2D eigenvalue weighted by molar-refractivity contribution is -0.115. The van der Waals surface area contributed by atoms with E-state index in [1.807, 2.05) is 13.8 Å². The lowest BCUT2D eigenvalue weighted by Gasteiger charge is -1.98. The minimum absolute atomic E-state index is 0.0308. The Balaban J connectivity index is 2.66. The van der Waals surface area contributed by atoms with Crippen molar-refractivity contribution in [2.75, 3.05) is 6.67 Å². The van der Waals surface area contributed by atoms with Gasteiger partial charge < -0.3 is 0 Å². The van der Waals surface area contributed by atoms with E-state index >= 15 is 0 Å². The van der Waals surface area contributed by atoms with Crippen LogP contribution in [-0.4, -0.2) is 24.4 Å². The second-order valence-corrected chi connectivity index (χ2v) is 2.52. The van der Waals surface area contributed by atoms with Crippen LogP contribution in [0.15, 0.2) is 9.98 Å². The topological polar surface area (TPSA) is 41.8 Å². The Bertz CT molecular complexity index is 204. The second kappa shape index (κ2) is 2.73. The Labute approximate surface area is 59.9 Å². The summed E-state index contributed by atoms with van der Waals surface area (Å²) in [6.07, 6.45) is 1.54. The van der Waals surface area contributed by atoms with E-state index in [0.717, 1.165) is 0 Å². The summed E-state index contributed by atoms with van der Waals surface area (Å²) in [6.45, 7) is 4.14. The molecule has 3 nitrogen and oxygen atoms in total. The molecule has 0 radical (unpaired) electrons. The first-order valence-electron chi connectivity index (χ1n) is 3.30. The zero-order valence-corrected chi connectivity index (χ0v) is 6.16. The van der Waals surface area contributed by atoms with Gasteiger partial charge in [0, 0.05) is 5.92 Å².